The van der Waals surface area contributed by atoms with Gasteiger partial charge in [0.05, 0.1) is 38.2 Å². The van der Waals surface area contributed by atoms with E-state index < -0.39 is 24.3 Å². The summed E-state index contributed by atoms with van der Waals surface area (Å²) < 4.78 is 22.8. The van der Waals surface area contributed by atoms with Crippen LogP contribution in [0.15, 0.2) is 57.2 Å². The molecule has 0 saturated heterocycles. The second kappa shape index (κ2) is 13.7. The van der Waals surface area contributed by atoms with E-state index in [0.717, 1.165) is 10.0 Å². The van der Waals surface area contributed by atoms with Gasteiger partial charge < -0.3 is 34.7 Å². The predicted molar refractivity (Wildman–Crippen MR) is 144 cm³/mol. The third kappa shape index (κ3) is 7.39. The number of carbonyl (C=O) groups excluding carboxylic acids is 2. The van der Waals surface area contributed by atoms with Gasteiger partial charge in [0, 0.05) is 15.7 Å². The number of carbonyl (C=O) groups is 2. The highest BCUT2D eigenvalue weighted by molar-refractivity contribution is 9.10. The predicted octanol–water partition coefficient (Wildman–Crippen LogP) is 3.37. The van der Waals surface area contributed by atoms with E-state index in [1.54, 1.807) is 31.3 Å². The summed E-state index contributed by atoms with van der Waals surface area (Å²) in [7, 11) is 1.28. The van der Waals surface area contributed by atoms with Crippen LogP contribution in [-0.2, 0) is 9.53 Å². The first-order valence-electron chi connectivity index (χ1n) is 11.9. The Morgan fingerprint density at radius 1 is 1.13 bits per heavy atom. The molecular formula is C26H31BrN4O7. The lowest BCUT2D eigenvalue weighted by molar-refractivity contribution is -0.136. The van der Waals surface area contributed by atoms with E-state index in [2.05, 4.69) is 37.1 Å². The Hall–Kier alpha value is -3.77. The number of aliphatic hydroxyl groups excluding tert-OH is 1. The first-order chi connectivity index (χ1) is 18.3. The fourth-order valence-corrected chi connectivity index (χ4v) is 4.10. The number of aliphatic hydroxyl groups is 1. The number of benzene rings is 2. The molecule has 0 aliphatic carbocycles. The number of urea groups is 1. The molecule has 2 atom stereocenters. The minimum absolute atomic E-state index is 0.135. The Morgan fingerprint density at radius 3 is 2.55 bits per heavy atom. The lowest BCUT2D eigenvalue weighted by atomic mass is 9.95. The van der Waals surface area contributed by atoms with Crippen LogP contribution in [0.3, 0.4) is 0 Å². The molecule has 204 valence electrons. The maximum absolute atomic E-state index is 12.4. The van der Waals surface area contributed by atoms with Crippen LogP contribution in [0.25, 0.3) is 0 Å². The molecule has 1 heterocycles. The van der Waals surface area contributed by atoms with Crippen molar-refractivity contribution in [2.75, 3.05) is 26.9 Å². The number of nitrogens with one attached hydrogen (secondary N) is 3. The van der Waals surface area contributed by atoms with Gasteiger partial charge in [-0.2, -0.15) is 5.10 Å². The molecule has 0 fully saturated rings. The minimum atomic E-state index is -1.12. The molecule has 1 aliphatic rings. The number of esters is 1. The zero-order valence-electron chi connectivity index (χ0n) is 21.5. The number of nitrogens with zero attached hydrogens (tertiary/aromatic N) is 1. The van der Waals surface area contributed by atoms with Gasteiger partial charge in [-0.05, 0) is 56.7 Å². The highest BCUT2D eigenvalue weighted by atomic mass is 79.9. The number of rotatable bonds is 12. The van der Waals surface area contributed by atoms with Crippen molar-refractivity contribution in [2.45, 2.75) is 33.0 Å². The van der Waals surface area contributed by atoms with Crippen molar-refractivity contribution in [2.24, 2.45) is 5.10 Å². The molecule has 11 nitrogen and oxygen atoms in total. The Labute approximate surface area is 229 Å². The van der Waals surface area contributed by atoms with E-state index in [-0.39, 0.29) is 12.2 Å². The number of hydrogen-bond donors (Lipinski definition) is 4. The molecule has 0 spiro atoms. The van der Waals surface area contributed by atoms with Gasteiger partial charge in [0.2, 0.25) is 0 Å². The van der Waals surface area contributed by atoms with Crippen LogP contribution < -0.4 is 30.3 Å². The van der Waals surface area contributed by atoms with Crippen molar-refractivity contribution in [1.29, 1.82) is 0 Å². The Bertz CT molecular complexity index is 1220. The molecule has 0 bridgehead atoms. The quantitative estimate of drug-likeness (QED) is 0.128. The zero-order chi connectivity index (χ0) is 27.7. The second-order valence-electron chi connectivity index (χ2n) is 8.03. The summed E-state index contributed by atoms with van der Waals surface area (Å²) >= 11 is 3.42. The molecule has 0 aromatic heterocycles. The number of halogens is 1. The smallest absolute Gasteiger partial charge is 0.337 e. The van der Waals surface area contributed by atoms with Gasteiger partial charge in [-0.15, -0.1) is 0 Å². The summed E-state index contributed by atoms with van der Waals surface area (Å²) in [6, 6.07) is 9.37. The third-order valence-corrected chi connectivity index (χ3v) is 5.86. The number of methoxy groups -OCH3 is 1. The molecular weight excluding hydrogens is 560 g/mol. The largest absolute Gasteiger partial charge is 0.493 e. The summed E-state index contributed by atoms with van der Waals surface area (Å²) in [5.74, 6) is 0.848. The van der Waals surface area contributed by atoms with E-state index in [4.69, 9.17) is 18.9 Å². The highest BCUT2D eigenvalue weighted by Crippen LogP contribution is 2.35. The molecule has 0 radical (unpaired) electrons. The van der Waals surface area contributed by atoms with Crippen molar-refractivity contribution >= 4 is 34.1 Å². The van der Waals surface area contributed by atoms with Gasteiger partial charge in [-0.3, -0.25) is 5.43 Å². The van der Waals surface area contributed by atoms with Crippen LogP contribution in [0.5, 0.6) is 17.2 Å². The molecule has 4 N–H and O–H groups in total. The van der Waals surface area contributed by atoms with Crippen molar-refractivity contribution in [3.05, 3.63) is 63.3 Å². The highest BCUT2D eigenvalue weighted by Gasteiger charge is 2.32. The molecule has 2 aromatic rings. The Kier molecular flexibility index (Phi) is 10.4. The average molecular weight is 591 g/mol. The van der Waals surface area contributed by atoms with E-state index in [0.29, 0.717) is 41.7 Å². The van der Waals surface area contributed by atoms with E-state index in [1.807, 2.05) is 32.0 Å². The normalized spacial score (nSPS) is 15.9. The van der Waals surface area contributed by atoms with Crippen LogP contribution in [0, 0.1) is 0 Å². The van der Waals surface area contributed by atoms with Crippen LogP contribution in [-0.4, -0.2) is 56.5 Å². The summed E-state index contributed by atoms with van der Waals surface area (Å²) in [4.78, 5) is 24.5. The number of hydrazone groups is 1. The Morgan fingerprint density at radius 2 is 1.84 bits per heavy atom. The number of ether oxygens (including phenoxy) is 4. The minimum Gasteiger partial charge on any atom is -0.493 e. The first kappa shape index (κ1) is 28.8. The van der Waals surface area contributed by atoms with Gasteiger partial charge in [0.1, 0.15) is 12.4 Å². The number of hydrogen-bond acceptors (Lipinski definition) is 9. The molecule has 3 rings (SSSR count). The van der Waals surface area contributed by atoms with Gasteiger partial charge in [0.25, 0.3) is 0 Å². The maximum Gasteiger partial charge on any atom is 0.337 e. The van der Waals surface area contributed by atoms with Crippen molar-refractivity contribution < 1.29 is 33.6 Å². The van der Waals surface area contributed by atoms with Crippen molar-refractivity contribution in [3.8, 4) is 17.2 Å². The molecule has 2 aromatic carbocycles. The van der Waals surface area contributed by atoms with E-state index >= 15 is 0 Å². The van der Waals surface area contributed by atoms with E-state index in [9.17, 15) is 14.7 Å². The van der Waals surface area contributed by atoms with Crippen LogP contribution in [0.1, 0.15) is 37.9 Å². The van der Waals surface area contributed by atoms with Gasteiger partial charge in [-0.25, -0.2) is 9.59 Å². The fourth-order valence-electron chi connectivity index (χ4n) is 3.72. The topological polar surface area (TPSA) is 140 Å². The maximum atomic E-state index is 12.4. The molecule has 38 heavy (non-hydrogen) atoms. The first-order valence-corrected chi connectivity index (χ1v) is 12.7. The van der Waals surface area contributed by atoms with Gasteiger partial charge in [0.15, 0.2) is 17.7 Å². The lowest BCUT2D eigenvalue weighted by Crippen LogP contribution is -2.45. The number of amides is 2. The molecule has 12 heteroatoms. The molecule has 2 amide bonds. The van der Waals surface area contributed by atoms with Gasteiger partial charge >= 0.3 is 12.0 Å². The Balaban J connectivity index is 1.71. The van der Waals surface area contributed by atoms with Crippen molar-refractivity contribution in [3.63, 3.8) is 0 Å². The van der Waals surface area contributed by atoms with Crippen LogP contribution in [0.4, 0.5) is 4.79 Å². The second-order valence-corrected chi connectivity index (χ2v) is 8.95. The standard InChI is InChI=1S/C26H31BrN4O7/c1-5-36-19-10-8-18(27)11-17(19)13-28-31-22(32)14-38-20-9-7-16(12-21(20)37-6-2)24-23(25(33)35-4)15(3)29-26(34)30-24/h7-13,22,24,31-32H,5-6,14H2,1-4H3,(H2,29,30,34)/b28-13-/t22-,24-/m1/s1. The van der Waals surface area contributed by atoms with E-state index in [1.165, 1.54) is 7.11 Å². The fraction of sp³-hybridized carbons (Fsp3) is 0.346. The lowest BCUT2D eigenvalue weighted by Gasteiger charge is -2.28. The summed E-state index contributed by atoms with van der Waals surface area (Å²) in [5.41, 5.74) is 4.62. The molecule has 0 saturated carbocycles. The summed E-state index contributed by atoms with van der Waals surface area (Å²) in [6.07, 6.45) is 0.421. The number of allylic oxidation sites excluding steroid dienone is 1. The monoisotopic (exact) mass is 590 g/mol. The van der Waals surface area contributed by atoms with Gasteiger partial charge in [-0.1, -0.05) is 22.0 Å². The van der Waals surface area contributed by atoms with Crippen molar-refractivity contribution in [1.82, 2.24) is 16.1 Å². The third-order valence-electron chi connectivity index (χ3n) is 5.37. The molecule has 1 aliphatic heterocycles. The average Bonchev–Trinajstić information content (AvgIpc) is 2.89. The SMILES string of the molecule is CCOc1ccc(Br)cc1/C=N\N[C@H](O)COc1ccc([C@H]2NC(=O)NC(C)=C2C(=O)OC)cc1OCC. The summed E-state index contributed by atoms with van der Waals surface area (Å²) in [5, 5.41) is 19.7. The summed E-state index contributed by atoms with van der Waals surface area (Å²) in [6.45, 7) is 6.06. The van der Waals surface area contributed by atoms with Crippen LogP contribution in [0.2, 0.25) is 0 Å². The van der Waals surface area contributed by atoms with Crippen LogP contribution >= 0.6 is 15.9 Å². The zero-order valence-corrected chi connectivity index (χ0v) is 23.1. The molecule has 0 unspecified atom stereocenters.